The summed E-state index contributed by atoms with van der Waals surface area (Å²) in [4.78, 5) is 4.78. The molecule has 0 saturated carbocycles. The van der Waals surface area contributed by atoms with Crippen LogP contribution in [0.3, 0.4) is 0 Å². The summed E-state index contributed by atoms with van der Waals surface area (Å²) < 4.78 is 25.3. The molecule has 0 aliphatic heterocycles. The van der Waals surface area contributed by atoms with Gasteiger partial charge in [-0.05, 0) is 24.1 Å². The summed E-state index contributed by atoms with van der Waals surface area (Å²) >= 11 is 1.32. The number of rotatable bonds is 8. The number of benzene rings is 3. The molecule has 34 heavy (non-hydrogen) atoms. The SMILES string of the molecule is Cc1ccc(-c2cc(-c3ccccc3)c(C#N)c(SCCS(=O)(=O)Cc3ccccc3)n2)cc1. The van der Waals surface area contributed by atoms with Crippen molar-refractivity contribution in [2.24, 2.45) is 0 Å². The van der Waals surface area contributed by atoms with E-state index in [-0.39, 0.29) is 11.5 Å². The van der Waals surface area contributed by atoms with E-state index >= 15 is 0 Å². The first-order valence-electron chi connectivity index (χ1n) is 10.9. The van der Waals surface area contributed by atoms with Crippen LogP contribution >= 0.6 is 11.8 Å². The molecule has 4 rings (SSSR count). The Hall–Kier alpha value is -3.40. The molecule has 0 spiro atoms. The van der Waals surface area contributed by atoms with Crippen molar-refractivity contribution in [2.75, 3.05) is 11.5 Å². The highest BCUT2D eigenvalue weighted by Gasteiger charge is 2.18. The lowest BCUT2D eigenvalue weighted by Gasteiger charge is -2.13. The molecule has 3 aromatic carbocycles. The third-order valence-corrected chi connectivity index (χ3v) is 8.23. The number of aryl methyl sites for hydroxylation is 1. The third-order valence-electron chi connectivity index (χ3n) is 5.39. The molecule has 0 aliphatic rings. The quantitative estimate of drug-likeness (QED) is 0.274. The van der Waals surface area contributed by atoms with Gasteiger partial charge >= 0.3 is 0 Å². The van der Waals surface area contributed by atoms with Crippen LogP contribution in [-0.2, 0) is 15.6 Å². The third kappa shape index (κ3) is 5.93. The van der Waals surface area contributed by atoms with Gasteiger partial charge in [0.1, 0.15) is 11.1 Å². The second-order valence-electron chi connectivity index (χ2n) is 8.01. The van der Waals surface area contributed by atoms with Crippen LogP contribution in [0.25, 0.3) is 22.4 Å². The van der Waals surface area contributed by atoms with E-state index in [0.29, 0.717) is 16.3 Å². The second-order valence-corrected chi connectivity index (χ2v) is 11.3. The summed E-state index contributed by atoms with van der Waals surface area (Å²) in [6.45, 7) is 2.03. The van der Waals surface area contributed by atoms with Gasteiger partial charge in [0.25, 0.3) is 0 Å². The molecule has 1 aromatic heterocycles. The predicted molar refractivity (Wildman–Crippen MR) is 139 cm³/mol. The molecule has 0 unspecified atom stereocenters. The zero-order valence-electron chi connectivity index (χ0n) is 18.8. The van der Waals surface area contributed by atoms with Crippen molar-refractivity contribution >= 4 is 21.6 Å². The molecule has 0 N–H and O–H groups in total. The topological polar surface area (TPSA) is 70.8 Å². The molecular formula is C28H24N2O2S2. The van der Waals surface area contributed by atoms with Crippen molar-refractivity contribution in [3.8, 4) is 28.5 Å². The fourth-order valence-corrected chi connectivity index (χ4v) is 6.47. The van der Waals surface area contributed by atoms with Gasteiger partial charge in [-0.25, -0.2) is 13.4 Å². The van der Waals surface area contributed by atoms with Crippen LogP contribution in [0.1, 0.15) is 16.7 Å². The Balaban J connectivity index is 1.64. The lowest BCUT2D eigenvalue weighted by molar-refractivity contribution is 0.597. The fraction of sp³-hybridized carbons (Fsp3) is 0.143. The van der Waals surface area contributed by atoms with Gasteiger partial charge in [-0.3, -0.25) is 0 Å². The predicted octanol–water partition coefficient (Wildman–Crippen LogP) is 6.30. The summed E-state index contributed by atoms with van der Waals surface area (Å²) in [6, 6.07) is 31.2. The normalized spacial score (nSPS) is 11.2. The number of thioether (sulfide) groups is 1. The van der Waals surface area contributed by atoms with Crippen molar-refractivity contribution in [3.05, 3.63) is 108 Å². The Bertz CT molecular complexity index is 1410. The fourth-order valence-electron chi connectivity index (χ4n) is 3.62. The molecule has 0 atom stereocenters. The van der Waals surface area contributed by atoms with Gasteiger partial charge in [0.05, 0.1) is 22.8 Å². The molecule has 4 nitrogen and oxygen atoms in total. The van der Waals surface area contributed by atoms with Crippen LogP contribution in [0.2, 0.25) is 0 Å². The Morgan fingerprint density at radius 3 is 2.18 bits per heavy atom. The standard InChI is InChI=1S/C28H24N2O2S2/c1-21-12-14-24(15-13-21)27-18-25(23-10-6-3-7-11-23)26(19-29)28(30-27)33-16-17-34(31,32)20-22-8-4-2-5-9-22/h2-15,18H,16-17,20H2,1H3. The number of nitrogens with zero attached hydrogens (tertiary/aromatic N) is 2. The number of pyridine rings is 1. The van der Waals surface area contributed by atoms with E-state index < -0.39 is 9.84 Å². The molecule has 170 valence electrons. The molecule has 4 aromatic rings. The number of aromatic nitrogens is 1. The highest BCUT2D eigenvalue weighted by molar-refractivity contribution is 8.00. The summed E-state index contributed by atoms with van der Waals surface area (Å²) in [5.74, 6) is 0.336. The maximum Gasteiger partial charge on any atom is 0.155 e. The first kappa shape index (κ1) is 23.7. The van der Waals surface area contributed by atoms with E-state index in [2.05, 4.69) is 6.07 Å². The minimum atomic E-state index is -3.29. The molecule has 0 fully saturated rings. The molecule has 1 heterocycles. The van der Waals surface area contributed by atoms with Crippen LogP contribution in [0.15, 0.2) is 96.0 Å². The summed E-state index contributed by atoms with van der Waals surface area (Å²) in [5.41, 5.74) is 5.82. The smallest absolute Gasteiger partial charge is 0.155 e. The molecular weight excluding hydrogens is 460 g/mol. The molecule has 0 saturated heterocycles. The lowest BCUT2D eigenvalue weighted by Crippen LogP contribution is -2.11. The van der Waals surface area contributed by atoms with E-state index in [4.69, 9.17) is 4.98 Å². The Kier molecular flexibility index (Phi) is 7.46. The molecule has 0 radical (unpaired) electrons. The van der Waals surface area contributed by atoms with Gasteiger partial charge in [-0.2, -0.15) is 5.26 Å². The number of nitriles is 1. The van der Waals surface area contributed by atoms with E-state index in [1.807, 2.05) is 97.9 Å². The van der Waals surface area contributed by atoms with Gasteiger partial charge in [0.2, 0.25) is 0 Å². The Morgan fingerprint density at radius 2 is 1.53 bits per heavy atom. The number of hydrogen-bond acceptors (Lipinski definition) is 5. The van der Waals surface area contributed by atoms with Crippen LogP contribution < -0.4 is 0 Å². The van der Waals surface area contributed by atoms with E-state index in [0.717, 1.165) is 33.5 Å². The highest BCUT2D eigenvalue weighted by Crippen LogP contribution is 2.34. The first-order valence-corrected chi connectivity index (χ1v) is 13.7. The van der Waals surface area contributed by atoms with E-state index in [1.54, 1.807) is 0 Å². The Morgan fingerprint density at radius 1 is 0.882 bits per heavy atom. The molecule has 0 amide bonds. The van der Waals surface area contributed by atoms with Crippen molar-refractivity contribution < 1.29 is 8.42 Å². The van der Waals surface area contributed by atoms with Crippen LogP contribution in [0.5, 0.6) is 0 Å². The molecule has 0 aliphatic carbocycles. The average molecular weight is 485 g/mol. The maximum absolute atomic E-state index is 12.7. The minimum absolute atomic E-state index is 0.00556. The molecule has 0 bridgehead atoms. The van der Waals surface area contributed by atoms with Gasteiger partial charge < -0.3 is 0 Å². The van der Waals surface area contributed by atoms with Crippen LogP contribution in [-0.4, -0.2) is 24.9 Å². The number of hydrogen-bond donors (Lipinski definition) is 0. The molecule has 6 heteroatoms. The summed E-state index contributed by atoms with van der Waals surface area (Å²) in [6.07, 6.45) is 0. The monoisotopic (exact) mass is 484 g/mol. The maximum atomic E-state index is 12.7. The minimum Gasteiger partial charge on any atom is -0.240 e. The van der Waals surface area contributed by atoms with Crippen molar-refractivity contribution in [2.45, 2.75) is 17.7 Å². The number of sulfone groups is 1. The first-order chi connectivity index (χ1) is 16.4. The lowest BCUT2D eigenvalue weighted by atomic mass is 9.99. The van der Waals surface area contributed by atoms with Crippen molar-refractivity contribution in [3.63, 3.8) is 0 Å². The van der Waals surface area contributed by atoms with E-state index in [1.165, 1.54) is 11.8 Å². The van der Waals surface area contributed by atoms with Crippen LogP contribution in [0.4, 0.5) is 0 Å². The van der Waals surface area contributed by atoms with Gasteiger partial charge in [0, 0.05) is 16.9 Å². The van der Waals surface area contributed by atoms with Gasteiger partial charge in [0.15, 0.2) is 9.84 Å². The Labute approximate surface area is 205 Å². The van der Waals surface area contributed by atoms with E-state index in [9.17, 15) is 13.7 Å². The van der Waals surface area contributed by atoms with Crippen molar-refractivity contribution in [1.29, 1.82) is 5.26 Å². The second kappa shape index (κ2) is 10.7. The summed E-state index contributed by atoms with van der Waals surface area (Å²) in [5, 5.41) is 10.5. The summed E-state index contributed by atoms with van der Waals surface area (Å²) in [7, 11) is -3.29. The van der Waals surface area contributed by atoms with Crippen molar-refractivity contribution in [1.82, 2.24) is 4.98 Å². The highest BCUT2D eigenvalue weighted by atomic mass is 32.2. The average Bonchev–Trinajstić information content (AvgIpc) is 2.85. The largest absolute Gasteiger partial charge is 0.240 e. The van der Waals surface area contributed by atoms with Gasteiger partial charge in [-0.1, -0.05) is 90.5 Å². The zero-order chi connectivity index (χ0) is 24.0. The zero-order valence-corrected chi connectivity index (χ0v) is 20.4. The van der Waals surface area contributed by atoms with Gasteiger partial charge in [-0.15, -0.1) is 11.8 Å². The van der Waals surface area contributed by atoms with Crippen LogP contribution in [0, 0.1) is 18.3 Å².